The molecule has 0 fully saturated rings. The van der Waals surface area contributed by atoms with Crippen molar-refractivity contribution in [3.8, 4) is 0 Å². The van der Waals surface area contributed by atoms with Crippen LogP contribution in [0.1, 0.15) is 64.5 Å². The molecule has 1 aromatic rings. The van der Waals surface area contributed by atoms with Crippen LogP contribution in [-0.2, 0) is 0 Å². The van der Waals surface area contributed by atoms with Gasteiger partial charge in [-0.3, -0.25) is 0 Å². The van der Waals surface area contributed by atoms with Crippen molar-refractivity contribution in [1.82, 2.24) is 5.32 Å². The Bertz CT molecular complexity index is 359. The molecule has 0 aromatic heterocycles. The van der Waals surface area contributed by atoms with Crippen LogP contribution < -0.4 is 5.32 Å². The van der Waals surface area contributed by atoms with Crippen molar-refractivity contribution in [3.05, 3.63) is 35.4 Å². The Morgan fingerprint density at radius 3 is 2.21 bits per heavy atom. The van der Waals surface area contributed by atoms with Crippen molar-refractivity contribution in [2.75, 3.05) is 0 Å². The predicted octanol–water partition coefficient (Wildman–Crippen LogP) is 4.97. The second kappa shape index (κ2) is 8.26. The summed E-state index contributed by atoms with van der Waals surface area (Å²) in [5.41, 5.74) is 0.665. The number of benzene rings is 1. The van der Waals surface area contributed by atoms with Gasteiger partial charge in [0.1, 0.15) is 11.6 Å². The van der Waals surface area contributed by atoms with E-state index in [9.17, 15) is 8.78 Å². The van der Waals surface area contributed by atoms with Crippen LogP contribution in [0.4, 0.5) is 8.78 Å². The molecule has 0 heterocycles. The molecule has 0 aliphatic carbocycles. The van der Waals surface area contributed by atoms with Gasteiger partial charge in [0.2, 0.25) is 0 Å². The van der Waals surface area contributed by atoms with Crippen LogP contribution >= 0.6 is 0 Å². The molecular formula is C16H25F2N. The first kappa shape index (κ1) is 16.1. The molecule has 0 saturated heterocycles. The fraction of sp³-hybridized carbons (Fsp3) is 0.625. The summed E-state index contributed by atoms with van der Waals surface area (Å²) in [4.78, 5) is 0. The normalized spacial score (nSPS) is 14.4. The van der Waals surface area contributed by atoms with Gasteiger partial charge in [0.25, 0.3) is 0 Å². The maximum atomic E-state index is 13.1. The topological polar surface area (TPSA) is 12.0 Å². The van der Waals surface area contributed by atoms with Gasteiger partial charge in [-0.1, -0.05) is 32.6 Å². The van der Waals surface area contributed by atoms with E-state index in [1.54, 1.807) is 0 Å². The molecule has 1 rings (SSSR count). The first-order valence-corrected chi connectivity index (χ1v) is 7.25. The number of halogens is 2. The second-order valence-corrected chi connectivity index (χ2v) is 5.34. The highest BCUT2D eigenvalue weighted by Gasteiger charge is 2.11. The van der Waals surface area contributed by atoms with E-state index >= 15 is 0 Å². The monoisotopic (exact) mass is 269 g/mol. The zero-order valence-corrected chi connectivity index (χ0v) is 12.2. The van der Waals surface area contributed by atoms with E-state index in [4.69, 9.17) is 0 Å². The molecule has 0 aliphatic heterocycles. The van der Waals surface area contributed by atoms with Crippen molar-refractivity contribution in [2.24, 2.45) is 0 Å². The summed E-state index contributed by atoms with van der Waals surface area (Å²) in [5.74, 6) is -1.03. The van der Waals surface area contributed by atoms with Gasteiger partial charge in [0, 0.05) is 18.2 Å². The largest absolute Gasteiger partial charge is 0.308 e. The summed E-state index contributed by atoms with van der Waals surface area (Å²) in [6.45, 7) is 6.26. The van der Waals surface area contributed by atoms with E-state index in [1.165, 1.54) is 37.8 Å². The minimum absolute atomic E-state index is 0.0358. The van der Waals surface area contributed by atoms with Gasteiger partial charge in [0.05, 0.1) is 0 Å². The minimum Gasteiger partial charge on any atom is -0.308 e. The third-order valence-corrected chi connectivity index (χ3v) is 3.41. The first-order chi connectivity index (χ1) is 9.02. The van der Waals surface area contributed by atoms with Gasteiger partial charge >= 0.3 is 0 Å². The first-order valence-electron chi connectivity index (χ1n) is 7.25. The maximum absolute atomic E-state index is 13.1. The summed E-state index contributed by atoms with van der Waals surface area (Å²) in [5, 5.41) is 3.39. The van der Waals surface area contributed by atoms with E-state index in [1.807, 2.05) is 6.92 Å². The molecule has 0 amide bonds. The van der Waals surface area contributed by atoms with E-state index in [0.717, 1.165) is 12.5 Å². The fourth-order valence-corrected chi connectivity index (χ4v) is 2.31. The molecule has 0 saturated carbocycles. The standard InChI is InChI=1S/C16H25F2N/c1-4-5-6-7-8-12(2)19-13(3)14-9-15(17)11-16(18)10-14/h9-13,19H,4-8H2,1-3H3. The minimum atomic E-state index is -0.515. The van der Waals surface area contributed by atoms with E-state index < -0.39 is 11.6 Å². The van der Waals surface area contributed by atoms with Gasteiger partial charge in [0.15, 0.2) is 0 Å². The SMILES string of the molecule is CCCCCCC(C)NC(C)c1cc(F)cc(F)c1. The smallest absolute Gasteiger partial charge is 0.126 e. The van der Waals surface area contributed by atoms with Gasteiger partial charge in [-0.25, -0.2) is 8.78 Å². The Morgan fingerprint density at radius 2 is 1.63 bits per heavy atom. The van der Waals surface area contributed by atoms with Crippen LogP contribution in [0.25, 0.3) is 0 Å². The number of hydrogen-bond donors (Lipinski definition) is 1. The van der Waals surface area contributed by atoms with Gasteiger partial charge in [-0.05, 0) is 38.0 Å². The quantitative estimate of drug-likeness (QED) is 0.657. The lowest BCUT2D eigenvalue weighted by Crippen LogP contribution is -2.29. The number of nitrogens with one attached hydrogen (secondary N) is 1. The summed E-state index contributed by atoms with van der Waals surface area (Å²) >= 11 is 0. The van der Waals surface area contributed by atoms with Gasteiger partial charge < -0.3 is 5.32 Å². The summed E-state index contributed by atoms with van der Waals surface area (Å²) in [6.07, 6.45) is 6.07. The van der Waals surface area contributed by atoms with Gasteiger partial charge in [-0.2, -0.15) is 0 Å². The lowest BCUT2D eigenvalue weighted by Gasteiger charge is -2.20. The number of unbranched alkanes of at least 4 members (excludes halogenated alkanes) is 3. The van der Waals surface area contributed by atoms with Crippen LogP contribution in [0.2, 0.25) is 0 Å². The summed E-state index contributed by atoms with van der Waals surface area (Å²) in [7, 11) is 0. The average Bonchev–Trinajstić information content (AvgIpc) is 2.33. The van der Waals surface area contributed by atoms with E-state index in [-0.39, 0.29) is 6.04 Å². The average molecular weight is 269 g/mol. The van der Waals surface area contributed by atoms with Crippen molar-refractivity contribution >= 4 is 0 Å². The molecule has 3 heteroatoms. The van der Waals surface area contributed by atoms with E-state index in [2.05, 4.69) is 19.2 Å². The summed E-state index contributed by atoms with van der Waals surface area (Å²) < 4.78 is 26.3. The third-order valence-electron chi connectivity index (χ3n) is 3.41. The molecule has 0 bridgehead atoms. The third kappa shape index (κ3) is 6.15. The molecule has 19 heavy (non-hydrogen) atoms. The zero-order valence-electron chi connectivity index (χ0n) is 12.2. The molecule has 0 radical (unpaired) electrons. The Hall–Kier alpha value is -0.960. The molecule has 1 aromatic carbocycles. The molecule has 1 nitrogen and oxygen atoms in total. The molecule has 1 N–H and O–H groups in total. The maximum Gasteiger partial charge on any atom is 0.126 e. The predicted molar refractivity (Wildman–Crippen MR) is 76.1 cm³/mol. The molecule has 108 valence electrons. The zero-order chi connectivity index (χ0) is 14.3. The number of hydrogen-bond acceptors (Lipinski definition) is 1. The molecule has 2 atom stereocenters. The van der Waals surface area contributed by atoms with Crippen LogP contribution in [0, 0.1) is 11.6 Å². The van der Waals surface area contributed by atoms with Gasteiger partial charge in [-0.15, -0.1) is 0 Å². The van der Waals surface area contributed by atoms with Crippen LogP contribution in [-0.4, -0.2) is 6.04 Å². The van der Waals surface area contributed by atoms with Crippen LogP contribution in [0.15, 0.2) is 18.2 Å². The lowest BCUT2D eigenvalue weighted by atomic mass is 10.0. The molecular weight excluding hydrogens is 244 g/mol. The molecule has 2 unspecified atom stereocenters. The second-order valence-electron chi connectivity index (χ2n) is 5.34. The highest BCUT2D eigenvalue weighted by atomic mass is 19.1. The lowest BCUT2D eigenvalue weighted by molar-refractivity contribution is 0.435. The highest BCUT2D eigenvalue weighted by molar-refractivity contribution is 5.20. The van der Waals surface area contributed by atoms with E-state index in [0.29, 0.717) is 11.6 Å². The van der Waals surface area contributed by atoms with Crippen LogP contribution in [0.5, 0.6) is 0 Å². The van der Waals surface area contributed by atoms with Crippen molar-refractivity contribution in [1.29, 1.82) is 0 Å². The number of rotatable bonds is 8. The van der Waals surface area contributed by atoms with Crippen molar-refractivity contribution in [3.63, 3.8) is 0 Å². The Kier molecular flexibility index (Phi) is 7.00. The Balaban J connectivity index is 2.42. The van der Waals surface area contributed by atoms with Crippen molar-refractivity contribution < 1.29 is 8.78 Å². The summed E-state index contributed by atoms with van der Waals surface area (Å²) in [6, 6.07) is 4.02. The molecule has 0 aliphatic rings. The highest BCUT2D eigenvalue weighted by Crippen LogP contribution is 2.17. The fourth-order valence-electron chi connectivity index (χ4n) is 2.31. The Morgan fingerprint density at radius 1 is 1.00 bits per heavy atom. The van der Waals surface area contributed by atoms with Crippen molar-refractivity contribution in [2.45, 2.75) is 65.0 Å². The molecule has 0 spiro atoms. The van der Waals surface area contributed by atoms with Crippen LogP contribution in [0.3, 0.4) is 0 Å². The Labute approximate surface area is 115 Å².